The molecule has 100 valence electrons. The van der Waals surface area contributed by atoms with Crippen molar-refractivity contribution in [2.24, 2.45) is 0 Å². The molecule has 2 N–H and O–H groups in total. The van der Waals surface area contributed by atoms with Gasteiger partial charge in [0.25, 0.3) is 0 Å². The number of nitrogens with zero attached hydrogens (tertiary/aromatic N) is 1. The Morgan fingerprint density at radius 2 is 2.11 bits per heavy atom. The number of rotatable bonds is 5. The molecule has 4 heteroatoms. The van der Waals surface area contributed by atoms with Crippen molar-refractivity contribution in [1.82, 2.24) is 10.3 Å². The number of fused-ring (bicyclic) bond motifs is 1. The molecule has 0 fully saturated rings. The Kier molecular flexibility index (Phi) is 4.34. The SMILES string of the molecule is CCC(C)NC(=O)CNc1cccc2cccnc12. The van der Waals surface area contributed by atoms with Gasteiger partial charge in [-0.05, 0) is 25.5 Å². The minimum atomic E-state index is 0.00211. The topological polar surface area (TPSA) is 54.0 Å². The number of nitrogens with one attached hydrogen (secondary N) is 2. The fourth-order valence-corrected chi connectivity index (χ4v) is 1.85. The van der Waals surface area contributed by atoms with E-state index in [1.165, 1.54) is 0 Å². The van der Waals surface area contributed by atoms with Gasteiger partial charge in [-0.3, -0.25) is 9.78 Å². The highest BCUT2D eigenvalue weighted by atomic mass is 16.1. The third-order valence-electron chi connectivity index (χ3n) is 3.09. The fraction of sp³-hybridized carbons (Fsp3) is 0.333. The number of amides is 1. The molecule has 0 spiro atoms. The Hall–Kier alpha value is -2.10. The van der Waals surface area contributed by atoms with E-state index >= 15 is 0 Å². The average molecular weight is 257 g/mol. The zero-order valence-electron chi connectivity index (χ0n) is 11.3. The van der Waals surface area contributed by atoms with Crippen molar-refractivity contribution in [3.8, 4) is 0 Å². The molecule has 0 bridgehead atoms. The van der Waals surface area contributed by atoms with Crippen LogP contribution in [0.2, 0.25) is 0 Å². The highest BCUT2D eigenvalue weighted by molar-refractivity contribution is 5.92. The van der Waals surface area contributed by atoms with E-state index < -0.39 is 0 Å². The molecule has 0 saturated heterocycles. The summed E-state index contributed by atoms with van der Waals surface area (Å²) in [6.07, 6.45) is 2.69. The average Bonchev–Trinajstić information content (AvgIpc) is 2.44. The minimum Gasteiger partial charge on any atom is -0.374 e. The predicted molar refractivity (Wildman–Crippen MR) is 78.1 cm³/mol. The summed E-state index contributed by atoms with van der Waals surface area (Å²) >= 11 is 0. The van der Waals surface area contributed by atoms with Crippen LogP contribution in [0, 0.1) is 0 Å². The lowest BCUT2D eigenvalue weighted by Crippen LogP contribution is -2.36. The second kappa shape index (κ2) is 6.18. The van der Waals surface area contributed by atoms with Crippen molar-refractivity contribution >= 4 is 22.5 Å². The number of anilines is 1. The fourth-order valence-electron chi connectivity index (χ4n) is 1.85. The van der Waals surface area contributed by atoms with Gasteiger partial charge in [-0.2, -0.15) is 0 Å². The van der Waals surface area contributed by atoms with Crippen molar-refractivity contribution in [3.05, 3.63) is 36.5 Å². The smallest absolute Gasteiger partial charge is 0.239 e. The molecular formula is C15H19N3O. The van der Waals surface area contributed by atoms with Crippen molar-refractivity contribution < 1.29 is 4.79 Å². The molecule has 1 aromatic carbocycles. The van der Waals surface area contributed by atoms with Crippen LogP contribution in [0.3, 0.4) is 0 Å². The van der Waals surface area contributed by atoms with E-state index in [2.05, 4.69) is 15.6 Å². The van der Waals surface area contributed by atoms with E-state index in [0.717, 1.165) is 23.0 Å². The van der Waals surface area contributed by atoms with Crippen LogP contribution in [0.4, 0.5) is 5.69 Å². The Morgan fingerprint density at radius 1 is 1.32 bits per heavy atom. The molecule has 1 atom stereocenters. The van der Waals surface area contributed by atoms with Gasteiger partial charge in [-0.15, -0.1) is 0 Å². The molecule has 1 heterocycles. The zero-order valence-corrected chi connectivity index (χ0v) is 11.3. The van der Waals surface area contributed by atoms with E-state index in [9.17, 15) is 4.79 Å². The summed E-state index contributed by atoms with van der Waals surface area (Å²) in [5, 5.41) is 7.13. The van der Waals surface area contributed by atoms with E-state index in [1.807, 2.05) is 44.2 Å². The normalized spacial score (nSPS) is 12.1. The number of carbonyl (C=O) groups is 1. The van der Waals surface area contributed by atoms with Crippen LogP contribution in [0.15, 0.2) is 36.5 Å². The lowest BCUT2D eigenvalue weighted by Gasteiger charge is -2.13. The Morgan fingerprint density at radius 3 is 2.89 bits per heavy atom. The molecule has 0 aliphatic rings. The maximum absolute atomic E-state index is 11.7. The molecule has 0 aliphatic carbocycles. The summed E-state index contributed by atoms with van der Waals surface area (Å²) in [5.74, 6) is 0.00211. The van der Waals surface area contributed by atoms with Gasteiger partial charge in [0.1, 0.15) is 0 Å². The summed E-state index contributed by atoms with van der Waals surface area (Å²) in [4.78, 5) is 16.1. The standard InChI is InChI=1S/C15H19N3O/c1-3-11(2)18-14(19)10-17-13-8-4-6-12-7-5-9-16-15(12)13/h4-9,11,17H,3,10H2,1-2H3,(H,18,19). The number of hydrogen-bond acceptors (Lipinski definition) is 3. The quantitative estimate of drug-likeness (QED) is 0.865. The van der Waals surface area contributed by atoms with Crippen molar-refractivity contribution in [2.75, 3.05) is 11.9 Å². The zero-order chi connectivity index (χ0) is 13.7. The first-order valence-electron chi connectivity index (χ1n) is 6.57. The molecule has 4 nitrogen and oxygen atoms in total. The summed E-state index contributed by atoms with van der Waals surface area (Å²) in [6.45, 7) is 4.31. The van der Waals surface area contributed by atoms with Crippen LogP contribution in [-0.4, -0.2) is 23.5 Å². The summed E-state index contributed by atoms with van der Waals surface area (Å²) < 4.78 is 0. The van der Waals surface area contributed by atoms with E-state index in [4.69, 9.17) is 0 Å². The largest absolute Gasteiger partial charge is 0.374 e. The van der Waals surface area contributed by atoms with Gasteiger partial charge in [0.15, 0.2) is 0 Å². The Balaban J connectivity index is 2.04. The lowest BCUT2D eigenvalue weighted by atomic mass is 10.2. The van der Waals surface area contributed by atoms with Crippen molar-refractivity contribution in [1.29, 1.82) is 0 Å². The highest BCUT2D eigenvalue weighted by Crippen LogP contribution is 2.20. The monoisotopic (exact) mass is 257 g/mol. The van der Waals surface area contributed by atoms with E-state index in [-0.39, 0.29) is 18.5 Å². The predicted octanol–water partition coefficient (Wildman–Crippen LogP) is 2.56. The molecule has 0 aliphatic heterocycles. The van der Waals surface area contributed by atoms with Gasteiger partial charge >= 0.3 is 0 Å². The molecule has 19 heavy (non-hydrogen) atoms. The maximum atomic E-state index is 11.7. The summed E-state index contributed by atoms with van der Waals surface area (Å²) in [6, 6.07) is 10.0. The maximum Gasteiger partial charge on any atom is 0.239 e. The van der Waals surface area contributed by atoms with Crippen LogP contribution in [0.1, 0.15) is 20.3 Å². The van der Waals surface area contributed by atoms with Crippen LogP contribution in [0.5, 0.6) is 0 Å². The molecule has 1 aromatic heterocycles. The van der Waals surface area contributed by atoms with Crippen LogP contribution >= 0.6 is 0 Å². The van der Waals surface area contributed by atoms with Gasteiger partial charge in [0, 0.05) is 17.6 Å². The van der Waals surface area contributed by atoms with Crippen LogP contribution in [0.25, 0.3) is 10.9 Å². The van der Waals surface area contributed by atoms with Crippen molar-refractivity contribution in [3.63, 3.8) is 0 Å². The second-order valence-corrected chi connectivity index (χ2v) is 4.61. The van der Waals surface area contributed by atoms with Gasteiger partial charge in [0.05, 0.1) is 17.7 Å². The number of para-hydroxylation sites is 1. The summed E-state index contributed by atoms with van der Waals surface area (Å²) in [7, 11) is 0. The first-order valence-corrected chi connectivity index (χ1v) is 6.57. The van der Waals surface area contributed by atoms with Gasteiger partial charge < -0.3 is 10.6 Å². The molecular weight excluding hydrogens is 238 g/mol. The van der Waals surface area contributed by atoms with Gasteiger partial charge in [-0.25, -0.2) is 0 Å². The number of carbonyl (C=O) groups excluding carboxylic acids is 1. The molecule has 0 radical (unpaired) electrons. The minimum absolute atomic E-state index is 0.00211. The first kappa shape index (κ1) is 13.3. The van der Waals surface area contributed by atoms with Gasteiger partial charge in [0.2, 0.25) is 5.91 Å². The molecule has 0 saturated carbocycles. The third-order valence-corrected chi connectivity index (χ3v) is 3.09. The van der Waals surface area contributed by atoms with E-state index in [0.29, 0.717) is 0 Å². The number of aromatic nitrogens is 1. The molecule has 2 aromatic rings. The number of benzene rings is 1. The van der Waals surface area contributed by atoms with Crippen molar-refractivity contribution in [2.45, 2.75) is 26.3 Å². The molecule has 1 amide bonds. The first-order chi connectivity index (χ1) is 9.20. The lowest BCUT2D eigenvalue weighted by molar-refractivity contribution is -0.120. The summed E-state index contributed by atoms with van der Waals surface area (Å²) in [5.41, 5.74) is 1.78. The Bertz CT molecular complexity index is 563. The van der Waals surface area contributed by atoms with E-state index in [1.54, 1.807) is 6.20 Å². The third kappa shape index (κ3) is 3.44. The molecule has 1 unspecified atom stereocenters. The van der Waals surface area contributed by atoms with Gasteiger partial charge in [-0.1, -0.05) is 25.1 Å². The van der Waals surface area contributed by atoms with Crippen LogP contribution < -0.4 is 10.6 Å². The van der Waals surface area contributed by atoms with Crippen LogP contribution in [-0.2, 0) is 4.79 Å². The number of pyridine rings is 1. The Labute approximate surface area is 113 Å². The molecule has 2 rings (SSSR count). The highest BCUT2D eigenvalue weighted by Gasteiger charge is 2.06. The second-order valence-electron chi connectivity index (χ2n) is 4.61. The number of hydrogen-bond donors (Lipinski definition) is 2.